The number of likely N-dealkylation sites (tertiary alicyclic amines) is 2. The molecule has 2 aliphatic heterocycles. The third-order valence-electron chi connectivity index (χ3n) is 6.98. The van der Waals surface area contributed by atoms with Crippen LogP contribution in [0.3, 0.4) is 0 Å². The number of hydrogen-bond acceptors (Lipinski definition) is 3. The molecule has 0 spiro atoms. The van der Waals surface area contributed by atoms with E-state index in [1.165, 1.54) is 31.4 Å². The Kier molecular flexibility index (Phi) is 9.76. The van der Waals surface area contributed by atoms with Crippen molar-refractivity contribution >= 4 is 35.8 Å². The summed E-state index contributed by atoms with van der Waals surface area (Å²) in [6.45, 7) is 5.05. The van der Waals surface area contributed by atoms with Crippen LogP contribution in [0.1, 0.15) is 40.7 Å². The van der Waals surface area contributed by atoms with Crippen molar-refractivity contribution in [1.29, 1.82) is 0 Å². The average Bonchev–Trinajstić information content (AvgIpc) is 2.85. The number of hydrogen-bond donors (Lipinski definition) is 1. The van der Waals surface area contributed by atoms with Crippen LogP contribution in [0.5, 0.6) is 0 Å². The largest absolute Gasteiger partial charge is 0.352 e. The van der Waals surface area contributed by atoms with Gasteiger partial charge in [-0.3, -0.25) is 14.7 Å². The summed E-state index contributed by atoms with van der Waals surface area (Å²) in [6, 6.07) is 19.4. The molecule has 0 radical (unpaired) electrons. The second kappa shape index (κ2) is 12.5. The van der Waals surface area contributed by atoms with Gasteiger partial charge < -0.3 is 15.1 Å². The second-order valence-corrected chi connectivity index (χ2v) is 9.46. The van der Waals surface area contributed by atoms with E-state index in [9.17, 15) is 4.79 Å². The summed E-state index contributed by atoms with van der Waals surface area (Å²) in [5.41, 5.74) is 3.27. The van der Waals surface area contributed by atoms with E-state index in [1.54, 1.807) is 19.0 Å². The smallest absolute Gasteiger partial charge is 0.253 e. The van der Waals surface area contributed by atoms with E-state index >= 15 is 0 Å². The zero-order chi connectivity index (χ0) is 23.2. The Labute approximate surface area is 221 Å². The molecule has 0 aromatic heterocycles. The number of nitrogens with one attached hydrogen (secondary N) is 1. The van der Waals surface area contributed by atoms with Gasteiger partial charge in [0.15, 0.2) is 5.96 Å². The van der Waals surface area contributed by atoms with Gasteiger partial charge in [0.25, 0.3) is 5.91 Å². The molecule has 2 aromatic rings. The van der Waals surface area contributed by atoms with Crippen LogP contribution in [-0.2, 0) is 13.1 Å². The Bertz CT molecular complexity index is 947. The van der Waals surface area contributed by atoms with E-state index in [0.717, 1.165) is 31.2 Å². The first kappa shape index (κ1) is 26.5. The highest BCUT2D eigenvalue weighted by Gasteiger charge is 2.36. The highest BCUT2D eigenvalue weighted by atomic mass is 127. The van der Waals surface area contributed by atoms with E-state index in [4.69, 9.17) is 0 Å². The molecule has 4 rings (SSSR count). The van der Waals surface area contributed by atoms with Crippen molar-refractivity contribution in [1.82, 2.24) is 20.0 Å². The number of piperidine rings is 2. The number of amides is 1. The van der Waals surface area contributed by atoms with E-state index in [2.05, 4.69) is 50.4 Å². The van der Waals surface area contributed by atoms with Crippen LogP contribution in [0, 0.1) is 5.92 Å². The maximum atomic E-state index is 12.1. The molecule has 34 heavy (non-hydrogen) atoms. The molecule has 2 heterocycles. The molecule has 1 amide bonds. The van der Waals surface area contributed by atoms with Crippen LogP contribution in [0.2, 0.25) is 0 Å². The number of carbonyl (C=O) groups is 1. The van der Waals surface area contributed by atoms with Gasteiger partial charge in [0.05, 0.1) is 0 Å². The minimum absolute atomic E-state index is 0. The fourth-order valence-electron chi connectivity index (χ4n) is 5.25. The molecule has 1 N–H and O–H groups in total. The van der Waals surface area contributed by atoms with E-state index < -0.39 is 0 Å². The lowest BCUT2D eigenvalue weighted by molar-refractivity contribution is 0.0372. The van der Waals surface area contributed by atoms with Gasteiger partial charge in [0.1, 0.15) is 0 Å². The summed E-state index contributed by atoms with van der Waals surface area (Å²) in [4.78, 5) is 23.4. The summed E-state index contributed by atoms with van der Waals surface area (Å²) < 4.78 is 0. The van der Waals surface area contributed by atoms with Crippen molar-refractivity contribution in [2.24, 2.45) is 10.9 Å². The molecular weight excluding hydrogens is 537 g/mol. The van der Waals surface area contributed by atoms with Gasteiger partial charge in [-0.15, -0.1) is 24.0 Å². The molecule has 2 aromatic carbocycles. The number of benzene rings is 2. The Hall–Kier alpha value is -2.13. The molecule has 2 unspecified atom stereocenters. The number of aliphatic imine (C=N–C) groups is 1. The van der Waals surface area contributed by atoms with Crippen molar-refractivity contribution in [3.8, 4) is 0 Å². The highest BCUT2D eigenvalue weighted by molar-refractivity contribution is 14.0. The lowest BCUT2D eigenvalue weighted by atomic mass is 9.83. The van der Waals surface area contributed by atoms with Crippen molar-refractivity contribution in [2.45, 2.75) is 38.4 Å². The predicted molar refractivity (Wildman–Crippen MR) is 150 cm³/mol. The number of rotatable bonds is 5. The van der Waals surface area contributed by atoms with Crippen molar-refractivity contribution in [3.63, 3.8) is 0 Å². The number of nitrogens with zero attached hydrogens (tertiary/aromatic N) is 4. The molecule has 2 fully saturated rings. The van der Waals surface area contributed by atoms with Crippen LogP contribution in [0.4, 0.5) is 0 Å². The third kappa shape index (κ3) is 6.50. The number of fused-ring (bicyclic) bond motifs is 1. The summed E-state index contributed by atoms with van der Waals surface area (Å²) in [5, 5.41) is 3.54. The SMILES string of the molecule is CN=C(NCc1ccc(C(=O)N(C)C)cc1)N1CCC2C(CCCN2Cc2ccccc2)C1.I. The summed E-state index contributed by atoms with van der Waals surface area (Å²) >= 11 is 0. The lowest BCUT2D eigenvalue weighted by Gasteiger charge is -2.48. The van der Waals surface area contributed by atoms with Crippen LogP contribution >= 0.6 is 24.0 Å². The first-order valence-corrected chi connectivity index (χ1v) is 12.1. The summed E-state index contributed by atoms with van der Waals surface area (Å²) in [7, 11) is 5.42. The highest BCUT2D eigenvalue weighted by Crippen LogP contribution is 2.31. The quantitative estimate of drug-likeness (QED) is 0.332. The second-order valence-electron chi connectivity index (χ2n) is 9.46. The van der Waals surface area contributed by atoms with Gasteiger partial charge in [0, 0.05) is 58.9 Å². The van der Waals surface area contributed by atoms with Gasteiger partial charge in [-0.2, -0.15) is 0 Å². The fraction of sp³-hybridized carbons (Fsp3) is 0.481. The zero-order valence-electron chi connectivity index (χ0n) is 20.6. The molecule has 0 saturated carbocycles. The normalized spacial score (nSPS) is 20.8. The van der Waals surface area contributed by atoms with Crippen LogP contribution in [-0.4, -0.2) is 73.4 Å². The fourth-order valence-corrected chi connectivity index (χ4v) is 5.25. The molecule has 6 nitrogen and oxygen atoms in total. The Morgan fingerprint density at radius 3 is 2.44 bits per heavy atom. The van der Waals surface area contributed by atoms with Gasteiger partial charge >= 0.3 is 0 Å². The number of halogens is 1. The maximum Gasteiger partial charge on any atom is 0.253 e. The summed E-state index contributed by atoms with van der Waals surface area (Å²) in [5.74, 6) is 1.69. The van der Waals surface area contributed by atoms with Crippen molar-refractivity contribution in [3.05, 3.63) is 71.3 Å². The molecule has 2 saturated heterocycles. The zero-order valence-corrected chi connectivity index (χ0v) is 22.9. The van der Waals surface area contributed by atoms with Crippen LogP contribution in [0.15, 0.2) is 59.6 Å². The van der Waals surface area contributed by atoms with Crippen molar-refractivity contribution in [2.75, 3.05) is 40.8 Å². The topological polar surface area (TPSA) is 51.2 Å². The maximum absolute atomic E-state index is 12.1. The summed E-state index contributed by atoms with van der Waals surface area (Å²) in [6.07, 6.45) is 3.75. The molecule has 0 bridgehead atoms. The molecule has 184 valence electrons. The van der Waals surface area contributed by atoms with E-state index in [0.29, 0.717) is 24.1 Å². The van der Waals surface area contributed by atoms with Crippen molar-refractivity contribution < 1.29 is 4.79 Å². The third-order valence-corrected chi connectivity index (χ3v) is 6.98. The monoisotopic (exact) mass is 575 g/mol. The van der Waals surface area contributed by atoms with Gasteiger partial charge in [-0.1, -0.05) is 42.5 Å². The average molecular weight is 576 g/mol. The minimum Gasteiger partial charge on any atom is -0.352 e. The molecule has 2 aliphatic rings. The number of carbonyl (C=O) groups excluding carboxylic acids is 1. The van der Waals surface area contributed by atoms with E-state index in [1.807, 2.05) is 31.3 Å². The number of guanidine groups is 1. The Morgan fingerprint density at radius 2 is 1.76 bits per heavy atom. The van der Waals surface area contributed by atoms with Gasteiger partial charge in [0.2, 0.25) is 0 Å². The predicted octanol–water partition coefficient (Wildman–Crippen LogP) is 4.07. The first-order chi connectivity index (χ1) is 16.0. The van der Waals surface area contributed by atoms with E-state index in [-0.39, 0.29) is 29.9 Å². The Morgan fingerprint density at radius 1 is 1.03 bits per heavy atom. The van der Waals surface area contributed by atoms with Crippen LogP contribution in [0.25, 0.3) is 0 Å². The van der Waals surface area contributed by atoms with Gasteiger partial charge in [-0.25, -0.2) is 0 Å². The molecule has 7 heteroatoms. The molecular formula is C27H38IN5O. The first-order valence-electron chi connectivity index (χ1n) is 12.1. The Balaban J connectivity index is 0.00000324. The molecule has 0 aliphatic carbocycles. The standard InChI is InChI=1S/C27H37N5O.HI/c1-28-27(29-18-21-11-13-23(14-12-21)26(33)30(2)3)32-17-15-25-24(20-32)10-7-16-31(25)19-22-8-5-4-6-9-22;/h4-6,8-9,11-14,24-25H,7,10,15-20H2,1-3H3,(H,28,29);1H. The lowest BCUT2D eigenvalue weighted by Crippen LogP contribution is -2.56. The van der Waals surface area contributed by atoms with Crippen LogP contribution < -0.4 is 5.32 Å². The minimum atomic E-state index is 0. The molecule has 2 atom stereocenters. The van der Waals surface area contributed by atoms with Gasteiger partial charge in [-0.05, 0) is 55.0 Å².